The van der Waals surface area contributed by atoms with Gasteiger partial charge in [0.05, 0.1) is 16.8 Å². The fourth-order valence-electron chi connectivity index (χ4n) is 7.32. The minimum absolute atomic E-state index is 0.549. The van der Waals surface area contributed by atoms with Gasteiger partial charge in [0.2, 0.25) is 0 Å². The van der Waals surface area contributed by atoms with Crippen LogP contribution in [0.25, 0.3) is 45.0 Å². The zero-order chi connectivity index (χ0) is 33.3. The third kappa shape index (κ3) is 5.08. The number of aromatic nitrogens is 2. The van der Waals surface area contributed by atoms with Crippen molar-refractivity contribution in [2.75, 3.05) is 0 Å². The highest BCUT2D eigenvalue weighted by Crippen LogP contribution is 2.55. The summed E-state index contributed by atoms with van der Waals surface area (Å²) in [6.45, 7) is 0. The van der Waals surface area contributed by atoms with E-state index in [1.54, 1.807) is 0 Å². The van der Waals surface area contributed by atoms with Crippen LogP contribution < -0.4 is 4.74 Å². The van der Waals surface area contributed by atoms with Crippen molar-refractivity contribution in [2.24, 2.45) is 0 Å². The Morgan fingerprint density at radius 1 is 0.340 bits per heavy atom. The van der Waals surface area contributed by atoms with Crippen LogP contribution in [0.1, 0.15) is 22.3 Å². The molecule has 1 aliphatic heterocycles. The highest BCUT2D eigenvalue weighted by molar-refractivity contribution is 5.77. The molecule has 9 rings (SSSR count). The summed E-state index contributed by atoms with van der Waals surface area (Å²) in [7, 11) is 0. The summed E-state index contributed by atoms with van der Waals surface area (Å²) >= 11 is 0. The number of benzene rings is 7. The summed E-state index contributed by atoms with van der Waals surface area (Å²) < 4.78 is 6.76. The molecule has 0 N–H and O–H groups in total. The Morgan fingerprint density at radius 3 is 1.44 bits per heavy atom. The van der Waals surface area contributed by atoms with Crippen molar-refractivity contribution in [2.45, 2.75) is 5.41 Å². The van der Waals surface area contributed by atoms with Gasteiger partial charge in [0.15, 0.2) is 5.82 Å². The van der Waals surface area contributed by atoms with E-state index in [1.807, 2.05) is 42.5 Å². The van der Waals surface area contributed by atoms with Gasteiger partial charge in [-0.2, -0.15) is 0 Å². The van der Waals surface area contributed by atoms with E-state index in [2.05, 4.69) is 152 Å². The van der Waals surface area contributed by atoms with Gasteiger partial charge < -0.3 is 4.74 Å². The summed E-state index contributed by atoms with van der Waals surface area (Å²) in [5, 5.41) is 0. The quantitative estimate of drug-likeness (QED) is 0.181. The van der Waals surface area contributed by atoms with Crippen LogP contribution in [-0.4, -0.2) is 9.97 Å². The van der Waals surface area contributed by atoms with Crippen LogP contribution in [-0.2, 0) is 5.41 Å². The van der Waals surface area contributed by atoms with Crippen molar-refractivity contribution in [3.63, 3.8) is 0 Å². The monoisotopic (exact) mass is 640 g/mol. The van der Waals surface area contributed by atoms with Gasteiger partial charge in [-0.15, -0.1) is 0 Å². The fraction of sp³-hybridized carbons (Fsp3) is 0.0213. The van der Waals surface area contributed by atoms with Crippen LogP contribution in [0, 0.1) is 0 Å². The van der Waals surface area contributed by atoms with Crippen molar-refractivity contribution in [3.05, 3.63) is 216 Å². The summed E-state index contributed by atoms with van der Waals surface area (Å²) in [5.74, 6) is 2.38. The lowest BCUT2D eigenvalue weighted by Gasteiger charge is -2.41. The van der Waals surface area contributed by atoms with E-state index < -0.39 is 5.41 Å². The van der Waals surface area contributed by atoms with Gasteiger partial charge >= 0.3 is 0 Å². The molecule has 0 amide bonds. The standard InChI is InChI=1S/C47H32N2O/c1-5-16-33(17-6-1)42-32-43(34-18-7-2-8-19-34)49-46(48-42)37-21-15-20-35(30-37)36-28-29-41-45(31-36)50-44-27-14-13-26-40(44)47(41,38-22-9-3-10-23-38)39-24-11-4-12-25-39/h1-32H. The predicted octanol–water partition coefficient (Wildman–Crippen LogP) is 11.6. The van der Waals surface area contributed by atoms with Crippen molar-refractivity contribution in [1.29, 1.82) is 0 Å². The van der Waals surface area contributed by atoms with E-state index in [0.717, 1.165) is 61.8 Å². The normalized spacial score (nSPS) is 12.7. The van der Waals surface area contributed by atoms with Crippen LogP contribution in [0.4, 0.5) is 0 Å². The first kappa shape index (κ1) is 29.6. The molecule has 7 aromatic carbocycles. The van der Waals surface area contributed by atoms with Crippen LogP contribution in [0.2, 0.25) is 0 Å². The third-order valence-electron chi connectivity index (χ3n) is 9.63. The second-order valence-corrected chi connectivity index (χ2v) is 12.6. The van der Waals surface area contributed by atoms with Gasteiger partial charge in [-0.25, -0.2) is 9.97 Å². The number of para-hydroxylation sites is 1. The number of hydrogen-bond acceptors (Lipinski definition) is 3. The SMILES string of the molecule is c1ccc(-c2cc(-c3ccccc3)nc(-c3cccc(-c4ccc5c(c4)Oc4ccccc4C5(c4ccccc4)c4ccccc4)c3)n2)cc1. The first-order chi connectivity index (χ1) is 24.8. The van der Waals surface area contributed by atoms with Crippen LogP contribution in [0.5, 0.6) is 11.5 Å². The van der Waals surface area contributed by atoms with Crippen LogP contribution >= 0.6 is 0 Å². The zero-order valence-electron chi connectivity index (χ0n) is 27.3. The Morgan fingerprint density at radius 2 is 0.820 bits per heavy atom. The zero-order valence-corrected chi connectivity index (χ0v) is 27.3. The molecule has 3 nitrogen and oxygen atoms in total. The Hall–Kier alpha value is -6.58. The number of ether oxygens (including phenoxy) is 1. The van der Waals surface area contributed by atoms with Crippen molar-refractivity contribution in [3.8, 4) is 56.5 Å². The fourth-order valence-corrected chi connectivity index (χ4v) is 7.32. The van der Waals surface area contributed by atoms with Gasteiger partial charge in [-0.05, 0) is 46.5 Å². The Labute approximate surface area is 292 Å². The average molecular weight is 641 g/mol. The molecular formula is C47H32N2O. The molecule has 0 unspecified atom stereocenters. The van der Waals surface area contributed by atoms with Gasteiger partial charge in [-0.1, -0.05) is 170 Å². The van der Waals surface area contributed by atoms with Crippen LogP contribution in [0.15, 0.2) is 194 Å². The van der Waals surface area contributed by atoms with Crippen LogP contribution in [0.3, 0.4) is 0 Å². The van der Waals surface area contributed by atoms with Crippen molar-refractivity contribution in [1.82, 2.24) is 9.97 Å². The molecule has 50 heavy (non-hydrogen) atoms. The number of hydrogen-bond donors (Lipinski definition) is 0. The van der Waals surface area contributed by atoms with Crippen molar-refractivity contribution < 1.29 is 4.74 Å². The molecule has 1 aromatic heterocycles. The molecule has 2 heterocycles. The number of rotatable bonds is 6. The largest absolute Gasteiger partial charge is 0.457 e. The maximum Gasteiger partial charge on any atom is 0.160 e. The minimum Gasteiger partial charge on any atom is -0.457 e. The molecule has 236 valence electrons. The molecule has 3 heteroatoms. The Kier molecular flexibility index (Phi) is 7.37. The van der Waals surface area contributed by atoms with Gasteiger partial charge in [0.25, 0.3) is 0 Å². The predicted molar refractivity (Wildman–Crippen MR) is 202 cm³/mol. The number of fused-ring (bicyclic) bond motifs is 2. The van der Waals surface area contributed by atoms with Gasteiger partial charge in [-0.3, -0.25) is 0 Å². The summed E-state index contributed by atoms with van der Waals surface area (Å²) in [6, 6.07) is 67.7. The third-order valence-corrected chi connectivity index (χ3v) is 9.63. The lowest BCUT2D eigenvalue weighted by atomic mass is 9.63. The molecule has 0 bridgehead atoms. The molecule has 8 aromatic rings. The van der Waals surface area contributed by atoms with Gasteiger partial charge in [0.1, 0.15) is 11.5 Å². The second-order valence-electron chi connectivity index (χ2n) is 12.6. The first-order valence-corrected chi connectivity index (χ1v) is 16.9. The number of nitrogens with zero attached hydrogens (tertiary/aromatic N) is 2. The molecule has 0 saturated carbocycles. The molecule has 0 radical (unpaired) electrons. The van der Waals surface area contributed by atoms with E-state index in [4.69, 9.17) is 14.7 Å². The molecule has 0 atom stereocenters. The topological polar surface area (TPSA) is 35.0 Å². The average Bonchev–Trinajstić information content (AvgIpc) is 3.21. The summed E-state index contributed by atoms with van der Waals surface area (Å²) in [6.07, 6.45) is 0. The minimum atomic E-state index is -0.549. The van der Waals surface area contributed by atoms with Crippen molar-refractivity contribution >= 4 is 0 Å². The lowest BCUT2D eigenvalue weighted by molar-refractivity contribution is 0.435. The Balaban J connectivity index is 1.19. The van der Waals surface area contributed by atoms with E-state index in [9.17, 15) is 0 Å². The second kappa shape index (κ2) is 12.5. The molecular weight excluding hydrogens is 609 g/mol. The summed E-state index contributed by atoms with van der Waals surface area (Å²) in [5.41, 5.74) is 11.0. The molecule has 1 aliphatic rings. The van der Waals surface area contributed by atoms with E-state index >= 15 is 0 Å². The highest BCUT2D eigenvalue weighted by atomic mass is 16.5. The molecule has 0 aliphatic carbocycles. The smallest absolute Gasteiger partial charge is 0.160 e. The van der Waals surface area contributed by atoms with Gasteiger partial charge in [0, 0.05) is 27.8 Å². The Bertz CT molecular complexity index is 2350. The summed E-state index contributed by atoms with van der Waals surface area (Å²) in [4.78, 5) is 10.2. The molecule has 0 spiro atoms. The first-order valence-electron chi connectivity index (χ1n) is 16.9. The van der Waals surface area contributed by atoms with E-state index in [0.29, 0.717) is 5.82 Å². The molecule has 0 fully saturated rings. The maximum absolute atomic E-state index is 6.76. The molecule has 0 saturated heterocycles. The maximum atomic E-state index is 6.76. The lowest BCUT2D eigenvalue weighted by Crippen LogP contribution is -2.34. The van der Waals surface area contributed by atoms with E-state index in [1.165, 1.54) is 11.1 Å². The highest BCUT2D eigenvalue weighted by Gasteiger charge is 2.45. The van der Waals surface area contributed by atoms with E-state index in [-0.39, 0.29) is 0 Å².